The van der Waals surface area contributed by atoms with E-state index in [0.29, 0.717) is 12.1 Å². The summed E-state index contributed by atoms with van der Waals surface area (Å²) >= 11 is 0. The molecule has 2 bridgehead atoms. The minimum Gasteiger partial charge on any atom is -0.393 e. The van der Waals surface area contributed by atoms with E-state index in [1.165, 1.54) is 5.56 Å². The second-order valence-corrected chi connectivity index (χ2v) is 7.05. The molecule has 2 aromatic heterocycles. The normalized spacial score (nSPS) is 28.2. The molecular weight excluding hydrogens is 302 g/mol. The van der Waals surface area contributed by atoms with Gasteiger partial charge in [0.05, 0.1) is 11.8 Å². The number of nitrogens with one attached hydrogen (secondary N) is 1. The summed E-state index contributed by atoms with van der Waals surface area (Å²) in [7, 11) is 0. The van der Waals surface area contributed by atoms with Crippen molar-refractivity contribution in [2.24, 2.45) is 0 Å². The van der Waals surface area contributed by atoms with E-state index in [0.717, 1.165) is 61.7 Å². The molecule has 124 valence electrons. The Balaban J connectivity index is 1.62. The van der Waals surface area contributed by atoms with Gasteiger partial charge in [-0.3, -0.25) is 4.98 Å². The molecule has 3 atom stereocenters. The van der Waals surface area contributed by atoms with E-state index in [1.54, 1.807) is 12.4 Å². The van der Waals surface area contributed by atoms with Gasteiger partial charge in [0, 0.05) is 48.7 Å². The monoisotopic (exact) mass is 323 g/mol. The van der Waals surface area contributed by atoms with Crippen LogP contribution in [0.1, 0.15) is 36.9 Å². The Bertz CT molecular complexity index is 752. The molecule has 0 radical (unpaired) electrons. The first-order chi connectivity index (χ1) is 11.8. The summed E-state index contributed by atoms with van der Waals surface area (Å²) in [6.45, 7) is 1.63. The molecule has 5 heterocycles. The van der Waals surface area contributed by atoms with Crippen LogP contribution in [0.3, 0.4) is 0 Å². The van der Waals surface area contributed by atoms with Crippen LogP contribution in [0.15, 0.2) is 24.5 Å². The number of anilines is 1. The highest BCUT2D eigenvalue weighted by Gasteiger charge is 2.42. The third-order valence-electron chi connectivity index (χ3n) is 5.56. The van der Waals surface area contributed by atoms with E-state index >= 15 is 0 Å². The minimum atomic E-state index is -0.161. The molecule has 6 heteroatoms. The van der Waals surface area contributed by atoms with E-state index in [1.807, 2.05) is 12.1 Å². The first-order valence-electron chi connectivity index (χ1n) is 8.77. The number of fused-ring (bicyclic) bond motifs is 3. The van der Waals surface area contributed by atoms with Gasteiger partial charge >= 0.3 is 0 Å². The summed E-state index contributed by atoms with van der Waals surface area (Å²) in [5.41, 5.74) is 3.35. The van der Waals surface area contributed by atoms with Crippen molar-refractivity contribution in [3.8, 4) is 11.4 Å². The molecule has 0 aromatic carbocycles. The van der Waals surface area contributed by atoms with Gasteiger partial charge in [-0.1, -0.05) is 0 Å². The summed E-state index contributed by atoms with van der Waals surface area (Å²) in [6, 6.07) is 4.73. The molecule has 5 rings (SSSR count). The fraction of sp³-hybridized carbons (Fsp3) is 0.500. The van der Waals surface area contributed by atoms with Crippen molar-refractivity contribution in [1.29, 1.82) is 0 Å². The highest BCUT2D eigenvalue weighted by molar-refractivity contribution is 5.62. The maximum atomic E-state index is 10.1. The second-order valence-electron chi connectivity index (χ2n) is 7.05. The highest BCUT2D eigenvalue weighted by Crippen LogP contribution is 2.41. The maximum Gasteiger partial charge on any atom is 0.161 e. The number of hydrogen-bond donors (Lipinski definition) is 2. The molecule has 2 aromatic rings. The van der Waals surface area contributed by atoms with Crippen LogP contribution in [-0.2, 0) is 13.1 Å². The number of aliphatic hydroxyl groups is 1. The van der Waals surface area contributed by atoms with Gasteiger partial charge in [0.1, 0.15) is 5.82 Å². The average molecular weight is 323 g/mol. The zero-order valence-corrected chi connectivity index (χ0v) is 13.5. The Morgan fingerprint density at radius 3 is 2.54 bits per heavy atom. The van der Waals surface area contributed by atoms with E-state index in [9.17, 15) is 5.11 Å². The van der Waals surface area contributed by atoms with Crippen molar-refractivity contribution in [1.82, 2.24) is 20.3 Å². The SMILES string of the molecule is OC1C[C@H]2CC[C@@H](C1)N2c1nc(-c2ccncc2)nc2c1CNC2. The standard InChI is InChI=1S/C18H21N5O/c24-14-7-12-1-2-13(8-14)23(12)18-15-9-20-10-16(15)21-17(22-18)11-3-5-19-6-4-11/h3-6,12-14,20,24H,1-2,7-10H2/t12-,13+,14?. The van der Waals surface area contributed by atoms with Crippen molar-refractivity contribution in [3.63, 3.8) is 0 Å². The van der Waals surface area contributed by atoms with Crippen molar-refractivity contribution < 1.29 is 5.11 Å². The van der Waals surface area contributed by atoms with Crippen LogP contribution in [0, 0.1) is 0 Å². The molecular formula is C18H21N5O. The predicted molar refractivity (Wildman–Crippen MR) is 90.3 cm³/mol. The van der Waals surface area contributed by atoms with E-state index < -0.39 is 0 Å². The highest BCUT2D eigenvalue weighted by atomic mass is 16.3. The second kappa shape index (κ2) is 5.50. The van der Waals surface area contributed by atoms with Crippen LogP contribution >= 0.6 is 0 Å². The molecule has 1 unspecified atom stereocenters. The van der Waals surface area contributed by atoms with Crippen molar-refractivity contribution in [2.45, 2.75) is 57.0 Å². The molecule has 0 amide bonds. The lowest BCUT2D eigenvalue weighted by molar-refractivity contribution is 0.126. The third kappa shape index (κ3) is 2.21. The Morgan fingerprint density at radius 1 is 1.04 bits per heavy atom. The number of piperidine rings is 1. The van der Waals surface area contributed by atoms with Crippen LogP contribution in [0.4, 0.5) is 5.82 Å². The van der Waals surface area contributed by atoms with Crippen molar-refractivity contribution in [3.05, 3.63) is 35.8 Å². The number of aromatic nitrogens is 3. The fourth-order valence-electron chi connectivity index (χ4n) is 4.49. The third-order valence-corrected chi connectivity index (χ3v) is 5.56. The quantitative estimate of drug-likeness (QED) is 0.875. The number of pyridine rings is 1. The Kier molecular flexibility index (Phi) is 3.28. The fourth-order valence-corrected chi connectivity index (χ4v) is 4.49. The van der Waals surface area contributed by atoms with E-state index in [4.69, 9.17) is 9.97 Å². The average Bonchev–Trinajstić information content (AvgIpc) is 3.18. The Morgan fingerprint density at radius 2 is 1.79 bits per heavy atom. The lowest BCUT2D eigenvalue weighted by Crippen LogP contribution is -2.45. The van der Waals surface area contributed by atoms with Crippen LogP contribution < -0.4 is 10.2 Å². The molecule has 3 aliphatic rings. The molecule has 0 aliphatic carbocycles. The molecule has 24 heavy (non-hydrogen) atoms. The summed E-state index contributed by atoms with van der Waals surface area (Å²) in [6.07, 6.45) is 7.42. The van der Waals surface area contributed by atoms with E-state index in [-0.39, 0.29) is 6.10 Å². The molecule has 2 fully saturated rings. The number of aliphatic hydroxyl groups excluding tert-OH is 1. The lowest BCUT2D eigenvalue weighted by atomic mass is 9.99. The number of hydrogen-bond acceptors (Lipinski definition) is 6. The largest absolute Gasteiger partial charge is 0.393 e. The molecule has 0 saturated carbocycles. The smallest absolute Gasteiger partial charge is 0.161 e. The first-order valence-corrected chi connectivity index (χ1v) is 8.77. The lowest BCUT2D eigenvalue weighted by Gasteiger charge is -2.39. The molecule has 2 saturated heterocycles. The van der Waals surface area contributed by atoms with Gasteiger partial charge in [-0.05, 0) is 37.8 Å². The molecule has 3 aliphatic heterocycles. The van der Waals surface area contributed by atoms with Gasteiger partial charge in [0.25, 0.3) is 0 Å². The minimum absolute atomic E-state index is 0.161. The van der Waals surface area contributed by atoms with Gasteiger partial charge in [0.2, 0.25) is 0 Å². The summed E-state index contributed by atoms with van der Waals surface area (Å²) < 4.78 is 0. The van der Waals surface area contributed by atoms with Crippen molar-refractivity contribution >= 4 is 5.82 Å². The van der Waals surface area contributed by atoms with Crippen LogP contribution in [-0.4, -0.2) is 38.2 Å². The zero-order valence-electron chi connectivity index (χ0n) is 13.5. The van der Waals surface area contributed by atoms with Gasteiger partial charge < -0.3 is 15.3 Å². The van der Waals surface area contributed by atoms with Gasteiger partial charge in [0.15, 0.2) is 5.82 Å². The maximum absolute atomic E-state index is 10.1. The van der Waals surface area contributed by atoms with Gasteiger partial charge in [-0.2, -0.15) is 0 Å². The predicted octanol–water partition coefficient (Wildman–Crippen LogP) is 1.63. The summed E-state index contributed by atoms with van der Waals surface area (Å²) in [5.74, 6) is 1.86. The van der Waals surface area contributed by atoms with Gasteiger partial charge in [-0.25, -0.2) is 9.97 Å². The van der Waals surface area contributed by atoms with E-state index in [2.05, 4.69) is 15.2 Å². The van der Waals surface area contributed by atoms with Crippen molar-refractivity contribution in [2.75, 3.05) is 4.90 Å². The van der Waals surface area contributed by atoms with Gasteiger partial charge in [-0.15, -0.1) is 0 Å². The Labute approximate surface area is 141 Å². The van der Waals surface area contributed by atoms with Crippen LogP contribution in [0.25, 0.3) is 11.4 Å². The summed E-state index contributed by atoms with van der Waals surface area (Å²) in [4.78, 5) is 16.3. The first kappa shape index (κ1) is 14.3. The zero-order chi connectivity index (χ0) is 16.1. The summed E-state index contributed by atoms with van der Waals surface area (Å²) in [5, 5.41) is 13.5. The van der Waals surface area contributed by atoms with Crippen LogP contribution in [0.2, 0.25) is 0 Å². The Hall–Kier alpha value is -2.05. The number of rotatable bonds is 2. The molecule has 2 N–H and O–H groups in total. The molecule has 0 spiro atoms. The van der Waals surface area contributed by atoms with Crippen LogP contribution in [0.5, 0.6) is 0 Å². The number of nitrogens with zero attached hydrogens (tertiary/aromatic N) is 4. The molecule has 6 nitrogen and oxygen atoms in total. The topological polar surface area (TPSA) is 74.2 Å².